The van der Waals surface area contributed by atoms with Crippen molar-refractivity contribution in [1.82, 2.24) is 0 Å². The molecule has 0 unspecified atom stereocenters. The van der Waals surface area contributed by atoms with Crippen molar-refractivity contribution in [3.05, 3.63) is 57.8 Å². The van der Waals surface area contributed by atoms with Gasteiger partial charge in [0.2, 0.25) is 0 Å². The molecule has 2 aromatic rings. The molecule has 0 amide bonds. The Morgan fingerprint density at radius 2 is 1.73 bits per heavy atom. The highest BCUT2D eigenvalue weighted by atomic mass is 79.9. The topological polar surface area (TPSA) is 0 Å². The van der Waals surface area contributed by atoms with E-state index in [9.17, 15) is 4.39 Å². The predicted molar refractivity (Wildman–Crippen MR) is 64.5 cm³/mol. The lowest BCUT2D eigenvalue weighted by atomic mass is 10.1. The van der Waals surface area contributed by atoms with Gasteiger partial charge in [-0.25, -0.2) is 4.39 Å². The largest absolute Gasteiger partial charge is 0.206 e. The van der Waals surface area contributed by atoms with Crippen LogP contribution in [-0.2, 0) is 0 Å². The van der Waals surface area contributed by atoms with E-state index in [2.05, 4.69) is 15.9 Å². The maximum absolute atomic E-state index is 13.0. The fraction of sp³-hybridized carbons (Fsp3) is 0. The van der Waals surface area contributed by atoms with Crippen LogP contribution in [-0.4, -0.2) is 0 Å². The van der Waals surface area contributed by atoms with Crippen LogP contribution in [0.4, 0.5) is 4.39 Å². The molecule has 0 heterocycles. The summed E-state index contributed by atoms with van der Waals surface area (Å²) in [4.78, 5) is 0. The van der Waals surface area contributed by atoms with Crippen LogP contribution in [0.15, 0.2) is 46.9 Å². The van der Waals surface area contributed by atoms with Gasteiger partial charge in [0, 0.05) is 5.02 Å². The highest BCUT2D eigenvalue weighted by Crippen LogP contribution is 2.26. The van der Waals surface area contributed by atoms with Gasteiger partial charge in [0.25, 0.3) is 0 Å². The van der Waals surface area contributed by atoms with Crippen LogP contribution in [0.3, 0.4) is 0 Å². The average Bonchev–Trinajstić information content (AvgIpc) is 2.22. The van der Waals surface area contributed by atoms with Gasteiger partial charge in [-0.1, -0.05) is 29.8 Å². The van der Waals surface area contributed by atoms with Crippen LogP contribution in [0.5, 0.6) is 0 Å². The lowest BCUT2D eigenvalue weighted by molar-refractivity contribution is 0.621. The zero-order valence-electron chi connectivity index (χ0n) is 7.68. The van der Waals surface area contributed by atoms with Gasteiger partial charge in [0.15, 0.2) is 0 Å². The fourth-order valence-corrected chi connectivity index (χ4v) is 1.91. The first-order valence-corrected chi connectivity index (χ1v) is 5.55. The van der Waals surface area contributed by atoms with E-state index in [-0.39, 0.29) is 5.82 Å². The second-order valence-corrected chi connectivity index (χ2v) is 4.43. The molecule has 2 rings (SSSR count). The van der Waals surface area contributed by atoms with Crippen molar-refractivity contribution in [3.63, 3.8) is 0 Å². The zero-order valence-corrected chi connectivity index (χ0v) is 10.0. The molecule has 0 aliphatic rings. The summed E-state index contributed by atoms with van der Waals surface area (Å²) in [7, 11) is 0. The van der Waals surface area contributed by atoms with Gasteiger partial charge in [-0.2, -0.15) is 0 Å². The minimum atomic E-state index is -0.263. The van der Waals surface area contributed by atoms with Crippen LogP contribution in [0.1, 0.15) is 0 Å². The Morgan fingerprint density at radius 3 is 2.40 bits per heavy atom. The summed E-state index contributed by atoms with van der Waals surface area (Å²) in [6.45, 7) is 0. The second-order valence-electron chi connectivity index (χ2n) is 3.14. The van der Waals surface area contributed by atoms with E-state index in [1.165, 1.54) is 6.07 Å². The zero-order chi connectivity index (χ0) is 10.8. The summed E-state index contributed by atoms with van der Waals surface area (Å²) >= 11 is 9.03. The maximum Gasteiger partial charge on any atom is 0.137 e. The molecule has 0 N–H and O–H groups in total. The van der Waals surface area contributed by atoms with Crippen molar-refractivity contribution in [1.29, 1.82) is 0 Å². The Kier molecular flexibility index (Phi) is 3.08. The lowest BCUT2D eigenvalue weighted by Crippen LogP contribution is -1.81. The number of hydrogen-bond donors (Lipinski definition) is 0. The Bertz CT molecular complexity index is 497. The molecule has 76 valence electrons. The lowest BCUT2D eigenvalue weighted by Gasteiger charge is -2.03. The number of hydrogen-bond acceptors (Lipinski definition) is 0. The summed E-state index contributed by atoms with van der Waals surface area (Å²) in [5.74, 6) is -0.263. The van der Waals surface area contributed by atoms with Crippen molar-refractivity contribution in [2.45, 2.75) is 0 Å². The molecule has 0 saturated carbocycles. The molecule has 0 aliphatic carbocycles. The number of rotatable bonds is 1. The first-order chi connectivity index (χ1) is 7.16. The molecule has 0 radical (unpaired) electrons. The fourth-order valence-electron chi connectivity index (χ4n) is 1.34. The second kappa shape index (κ2) is 4.33. The van der Waals surface area contributed by atoms with E-state index in [4.69, 9.17) is 11.6 Å². The molecule has 0 aromatic heterocycles. The predicted octanol–water partition coefficient (Wildman–Crippen LogP) is 4.91. The van der Waals surface area contributed by atoms with Gasteiger partial charge in [-0.15, -0.1) is 0 Å². The van der Waals surface area contributed by atoms with E-state index < -0.39 is 0 Å². The van der Waals surface area contributed by atoms with E-state index in [0.717, 1.165) is 11.1 Å². The van der Waals surface area contributed by atoms with Crippen LogP contribution < -0.4 is 0 Å². The number of halogens is 3. The highest BCUT2D eigenvalue weighted by Gasteiger charge is 2.02. The van der Waals surface area contributed by atoms with Gasteiger partial charge in [-0.3, -0.25) is 0 Å². The smallest absolute Gasteiger partial charge is 0.137 e. The molecule has 0 atom stereocenters. The van der Waals surface area contributed by atoms with Crippen LogP contribution in [0.2, 0.25) is 5.02 Å². The van der Waals surface area contributed by atoms with Crippen LogP contribution in [0.25, 0.3) is 11.1 Å². The molecule has 0 saturated heterocycles. The molecule has 0 nitrogen and oxygen atoms in total. The third-order valence-corrected chi connectivity index (χ3v) is 2.92. The quantitative estimate of drug-likeness (QED) is 0.698. The summed E-state index contributed by atoms with van der Waals surface area (Å²) in [5, 5.41) is 0.674. The molecule has 0 bridgehead atoms. The summed E-state index contributed by atoms with van der Waals surface area (Å²) < 4.78 is 13.5. The van der Waals surface area contributed by atoms with Crippen LogP contribution in [0, 0.1) is 5.82 Å². The van der Waals surface area contributed by atoms with Gasteiger partial charge < -0.3 is 0 Å². The van der Waals surface area contributed by atoms with Crippen molar-refractivity contribution in [2.24, 2.45) is 0 Å². The van der Waals surface area contributed by atoms with E-state index in [1.54, 1.807) is 12.1 Å². The summed E-state index contributed by atoms with van der Waals surface area (Å²) in [6, 6.07) is 12.4. The summed E-state index contributed by atoms with van der Waals surface area (Å²) in [6.07, 6.45) is 0. The van der Waals surface area contributed by atoms with E-state index >= 15 is 0 Å². The average molecular weight is 286 g/mol. The van der Waals surface area contributed by atoms with Crippen molar-refractivity contribution < 1.29 is 4.39 Å². The summed E-state index contributed by atoms with van der Waals surface area (Å²) in [5.41, 5.74) is 1.91. The van der Waals surface area contributed by atoms with E-state index in [0.29, 0.717) is 9.50 Å². The molecular formula is C12H7BrClF. The first kappa shape index (κ1) is 10.7. The normalized spacial score (nSPS) is 10.3. The van der Waals surface area contributed by atoms with E-state index in [1.807, 2.05) is 24.3 Å². The van der Waals surface area contributed by atoms with Crippen molar-refractivity contribution in [3.8, 4) is 11.1 Å². The molecular weight excluding hydrogens is 278 g/mol. The van der Waals surface area contributed by atoms with Gasteiger partial charge in [0.05, 0.1) is 4.47 Å². The number of benzene rings is 2. The SMILES string of the molecule is Fc1ccc(-c2cccc(Cl)c2)cc1Br. The van der Waals surface area contributed by atoms with Gasteiger partial charge >= 0.3 is 0 Å². The van der Waals surface area contributed by atoms with Crippen molar-refractivity contribution >= 4 is 27.5 Å². The molecule has 15 heavy (non-hydrogen) atoms. The molecule has 0 fully saturated rings. The van der Waals surface area contributed by atoms with Gasteiger partial charge in [0.1, 0.15) is 5.82 Å². The molecule has 2 aromatic carbocycles. The minimum Gasteiger partial charge on any atom is -0.206 e. The molecule has 0 aliphatic heterocycles. The Morgan fingerprint density at radius 1 is 1.00 bits per heavy atom. The maximum atomic E-state index is 13.0. The van der Waals surface area contributed by atoms with Crippen molar-refractivity contribution in [2.75, 3.05) is 0 Å². The Labute approximate surface area is 101 Å². The molecule has 3 heteroatoms. The van der Waals surface area contributed by atoms with Gasteiger partial charge in [-0.05, 0) is 51.3 Å². The monoisotopic (exact) mass is 284 g/mol. The minimum absolute atomic E-state index is 0.263. The molecule has 0 spiro atoms. The Hall–Kier alpha value is -0.860. The first-order valence-electron chi connectivity index (χ1n) is 4.38. The highest BCUT2D eigenvalue weighted by molar-refractivity contribution is 9.10. The standard InChI is InChI=1S/C12H7BrClF/c13-11-7-9(4-5-12(11)15)8-2-1-3-10(14)6-8/h1-7H. The Balaban J connectivity index is 2.50. The van der Waals surface area contributed by atoms with Crippen LogP contribution >= 0.6 is 27.5 Å². The third-order valence-electron chi connectivity index (χ3n) is 2.08. The third kappa shape index (κ3) is 2.39.